The van der Waals surface area contributed by atoms with E-state index in [0.29, 0.717) is 25.0 Å². The van der Waals surface area contributed by atoms with Crippen LogP contribution < -0.4 is 5.32 Å². The number of esters is 1. The Hall–Kier alpha value is -0.610. The van der Waals surface area contributed by atoms with Crippen molar-refractivity contribution in [2.75, 3.05) is 26.2 Å². The minimum atomic E-state index is -0.0283. The summed E-state index contributed by atoms with van der Waals surface area (Å²) in [6.45, 7) is 7.88. The van der Waals surface area contributed by atoms with Crippen LogP contribution >= 0.6 is 0 Å². The van der Waals surface area contributed by atoms with Crippen LogP contribution in [-0.2, 0) is 9.53 Å². The predicted molar refractivity (Wildman–Crippen MR) is 76.0 cm³/mol. The molecule has 0 aromatic rings. The average Bonchev–Trinajstić information content (AvgIpc) is 3.20. The molecule has 4 nitrogen and oxygen atoms in total. The summed E-state index contributed by atoms with van der Waals surface area (Å²) in [7, 11) is 0. The van der Waals surface area contributed by atoms with Crippen LogP contribution in [0, 0.1) is 5.92 Å². The maximum atomic E-state index is 11.7. The molecule has 0 radical (unpaired) electrons. The summed E-state index contributed by atoms with van der Waals surface area (Å²) in [5, 5.41) is 3.63. The van der Waals surface area contributed by atoms with Crippen molar-refractivity contribution in [2.24, 2.45) is 5.92 Å². The number of carbonyl (C=O) groups excluding carboxylic acids is 1. The lowest BCUT2D eigenvalue weighted by molar-refractivity contribution is -0.144. The molecule has 2 rings (SSSR count). The van der Waals surface area contributed by atoms with Gasteiger partial charge in [0.2, 0.25) is 0 Å². The summed E-state index contributed by atoms with van der Waals surface area (Å²) in [4.78, 5) is 14.2. The Labute approximate surface area is 116 Å². The van der Waals surface area contributed by atoms with Crippen LogP contribution in [0.1, 0.15) is 46.0 Å². The highest BCUT2D eigenvalue weighted by molar-refractivity contribution is 5.69. The van der Waals surface area contributed by atoms with E-state index in [1.807, 2.05) is 6.92 Å². The molecule has 1 saturated carbocycles. The highest BCUT2D eigenvalue weighted by Crippen LogP contribution is 2.32. The van der Waals surface area contributed by atoms with Crippen molar-refractivity contribution in [3.05, 3.63) is 0 Å². The van der Waals surface area contributed by atoms with E-state index in [4.69, 9.17) is 4.74 Å². The minimum absolute atomic E-state index is 0.0283. The molecule has 1 aliphatic carbocycles. The number of rotatable bonds is 7. The van der Waals surface area contributed by atoms with Crippen molar-refractivity contribution < 1.29 is 9.53 Å². The Morgan fingerprint density at radius 2 is 2.11 bits per heavy atom. The van der Waals surface area contributed by atoms with E-state index >= 15 is 0 Å². The van der Waals surface area contributed by atoms with Crippen molar-refractivity contribution >= 4 is 5.97 Å². The third-order valence-electron chi connectivity index (χ3n) is 4.07. The summed E-state index contributed by atoms with van der Waals surface area (Å²) in [6, 6.07) is 1.34. The van der Waals surface area contributed by atoms with Crippen molar-refractivity contribution in [2.45, 2.75) is 58.0 Å². The van der Waals surface area contributed by atoms with Crippen LogP contribution in [0.15, 0.2) is 0 Å². The second-order valence-electron chi connectivity index (χ2n) is 5.95. The topological polar surface area (TPSA) is 41.6 Å². The van der Waals surface area contributed by atoms with Gasteiger partial charge < -0.3 is 10.1 Å². The monoisotopic (exact) mass is 268 g/mol. The second kappa shape index (κ2) is 7.25. The summed E-state index contributed by atoms with van der Waals surface area (Å²) in [6.07, 6.45) is 5.55. The molecule has 0 spiro atoms. The first-order valence-corrected chi connectivity index (χ1v) is 7.86. The van der Waals surface area contributed by atoms with Gasteiger partial charge in [-0.05, 0) is 45.1 Å². The molecule has 1 N–H and O–H groups in total. The Morgan fingerprint density at radius 1 is 1.32 bits per heavy atom. The molecule has 19 heavy (non-hydrogen) atoms. The third kappa shape index (κ3) is 4.77. The zero-order valence-corrected chi connectivity index (χ0v) is 12.4. The number of nitrogens with one attached hydrogen (secondary N) is 1. The molecule has 0 bridgehead atoms. The van der Waals surface area contributed by atoms with E-state index in [0.717, 1.165) is 32.1 Å². The maximum Gasteiger partial charge on any atom is 0.306 e. The molecule has 0 amide bonds. The fourth-order valence-corrected chi connectivity index (χ4v) is 3.08. The fraction of sp³-hybridized carbons (Fsp3) is 0.933. The van der Waals surface area contributed by atoms with Crippen LogP contribution in [0.25, 0.3) is 0 Å². The van der Waals surface area contributed by atoms with Crippen LogP contribution in [0.2, 0.25) is 0 Å². The van der Waals surface area contributed by atoms with Crippen LogP contribution in [0.3, 0.4) is 0 Å². The zero-order valence-electron chi connectivity index (χ0n) is 12.4. The van der Waals surface area contributed by atoms with Gasteiger partial charge in [0.1, 0.15) is 0 Å². The van der Waals surface area contributed by atoms with Crippen LogP contribution in [0.5, 0.6) is 0 Å². The lowest BCUT2D eigenvalue weighted by atomic mass is 9.91. The van der Waals surface area contributed by atoms with Gasteiger partial charge in [0.05, 0.1) is 6.61 Å². The first-order valence-electron chi connectivity index (χ1n) is 7.86. The smallest absolute Gasteiger partial charge is 0.306 e. The molecule has 110 valence electrons. The third-order valence-corrected chi connectivity index (χ3v) is 4.07. The molecule has 4 heteroatoms. The Kier molecular flexibility index (Phi) is 5.64. The van der Waals surface area contributed by atoms with Gasteiger partial charge in [0, 0.05) is 31.6 Å². The Bertz CT molecular complexity index is 292. The Balaban J connectivity index is 1.84. The van der Waals surface area contributed by atoms with Gasteiger partial charge in [-0.2, -0.15) is 0 Å². The van der Waals surface area contributed by atoms with Gasteiger partial charge in [-0.25, -0.2) is 0 Å². The molecule has 2 aliphatic rings. The van der Waals surface area contributed by atoms with Crippen molar-refractivity contribution in [1.82, 2.24) is 10.2 Å². The van der Waals surface area contributed by atoms with Crippen molar-refractivity contribution in [1.29, 1.82) is 0 Å². The first kappa shape index (κ1) is 14.8. The zero-order chi connectivity index (χ0) is 13.7. The van der Waals surface area contributed by atoms with Gasteiger partial charge in [0.25, 0.3) is 0 Å². The highest BCUT2D eigenvalue weighted by Gasteiger charge is 2.36. The first-order chi connectivity index (χ1) is 9.22. The van der Waals surface area contributed by atoms with Gasteiger partial charge >= 0.3 is 5.97 Å². The van der Waals surface area contributed by atoms with E-state index in [2.05, 4.69) is 17.1 Å². The lowest BCUT2D eigenvalue weighted by Crippen LogP contribution is -2.50. The number of hydrogen-bond acceptors (Lipinski definition) is 4. The standard InChI is InChI=1S/C15H28N2O2/c1-3-7-16-13-8-12(9-15(18)19-4-2)10-17(11-13)14-5-6-14/h12-14,16H,3-11H2,1-2H3. The van der Waals surface area contributed by atoms with Gasteiger partial charge in [0.15, 0.2) is 0 Å². The lowest BCUT2D eigenvalue weighted by Gasteiger charge is -2.38. The van der Waals surface area contributed by atoms with E-state index in [1.54, 1.807) is 0 Å². The van der Waals surface area contributed by atoms with E-state index in [1.165, 1.54) is 19.3 Å². The normalized spacial score (nSPS) is 28.3. The van der Waals surface area contributed by atoms with Crippen molar-refractivity contribution in [3.8, 4) is 0 Å². The molecular formula is C15H28N2O2. The Morgan fingerprint density at radius 3 is 2.74 bits per heavy atom. The van der Waals surface area contributed by atoms with E-state index < -0.39 is 0 Å². The number of likely N-dealkylation sites (tertiary alicyclic amines) is 1. The SMILES string of the molecule is CCCNC1CC(CC(=O)OCC)CN(C2CC2)C1. The molecular weight excluding hydrogens is 240 g/mol. The van der Waals surface area contributed by atoms with E-state index in [9.17, 15) is 4.79 Å². The number of ether oxygens (including phenoxy) is 1. The van der Waals surface area contributed by atoms with E-state index in [-0.39, 0.29) is 5.97 Å². The highest BCUT2D eigenvalue weighted by atomic mass is 16.5. The largest absolute Gasteiger partial charge is 0.466 e. The molecule has 2 fully saturated rings. The van der Waals surface area contributed by atoms with Gasteiger partial charge in [-0.15, -0.1) is 0 Å². The van der Waals surface area contributed by atoms with Crippen LogP contribution in [-0.4, -0.2) is 49.2 Å². The number of hydrogen-bond donors (Lipinski definition) is 1. The molecule has 0 aromatic heterocycles. The van der Waals surface area contributed by atoms with Crippen LogP contribution in [0.4, 0.5) is 0 Å². The number of nitrogens with zero attached hydrogens (tertiary/aromatic N) is 1. The summed E-state index contributed by atoms with van der Waals surface area (Å²) in [5.41, 5.74) is 0. The predicted octanol–water partition coefficient (Wildman–Crippen LogP) is 1.79. The average molecular weight is 268 g/mol. The minimum Gasteiger partial charge on any atom is -0.466 e. The summed E-state index contributed by atoms with van der Waals surface area (Å²) >= 11 is 0. The summed E-state index contributed by atoms with van der Waals surface area (Å²) in [5.74, 6) is 0.433. The fourth-order valence-electron chi connectivity index (χ4n) is 3.08. The quantitative estimate of drug-likeness (QED) is 0.715. The maximum absolute atomic E-state index is 11.7. The number of piperidine rings is 1. The molecule has 1 aliphatic heterocycles. The molecule has 2 atom stereocenters. The molecule has 1 saturated heterocycles. The number of carbonyl (C=O) groups is 1. The molecule has 2 unspecified atom stereocenters. The molecule has 1 heterocycles. The van der Waals surface area contributed by atoms with Gasteiger partial charge in [-0.3, -0.25) is 9.69 Å². The van der Waals surface area contributed by atoms with Gasteiger partial charge in [-0.1, -0.05) is 6.92 Å². The summed E-state index contributed by atoms with van der Waals surface area (Å²) < 4.78 is 5.09. The second-order valence-corrected chi connectivity index (χ2v) is 5.95. The van der Waals surface area contributed by atoms with Crippen molar-refractivity contribution in [3.63, 3.8) is 0 Å². The molecule has 0 aromatic carbocycles.